The molecule has 12 heteroatoms. The van der Waals surface area contributed by atoms with E-state index >= 15 is 0 Å². The number of benzene rings is 1. The second-order valence-electron chi connectivity index (χ2n) is 13.7. The summed E-state index contributed by atoms with van der Waals surface area (Å²) in [5, 5.41) is 12.0. The van der Waals surface area contributed by atoms with Crippen molar-refractivity contribution in [1.82, 2.24) is 23.9 Å². The number of morpholine rings is 1. The number of rotatable bonds is 5. The Kier molecular flexibility index (Phi) is 7.78. The van der Waals surface area contributed by atoms with Crippen molar-refractivity contribution in [2.24, 2.45) is 5.41 Å². The topological polar surface area (TPSA) is 119 Å². The van der Waals surface area contributed by atoms with Crippen molar-refractivity contribution in [3.05, 3.63) is 57.7 Å². The number of aliphatic hydroxyl groups is 1. The molecular formula is C32H40ClN5O6. The Morgan fingerprint density at radius 2 is 1.80 bits per heavy atom. The lowest BCUT2D eigenvalue weighted by atomic mass is 9.90. The second kappa shape index (κ2) is 11.2. The van der Waals surface area contributed by atoms with E-state index in [1.807, 2.05) is 56.9 Å². The molecule has 3 fully saturated rings. The van der Waals surface area contributed by atoms with Crippen LogP contribution in [0.25, 0.3) is 16.7 Å². The molecule has 2 aromatic heterocycles. The summed E-state index contributed by atoms with van der Waals surface area (Å²) >= 11 is 6.65. The average molecular weight is 626 g/mol. The molecule has 1 saturated carbocycles. The molecule has 2 saturated heterocycles. The number of carbonyl (C=O) groups excluding carboxylic acids is 2. The van der Waals surface area contributed by atoms with Gasteiger partial charge in [-0.15, -0.1) is 0 Å². The predicted molar refractivity (Wildman–Crippen MR) is 165 cm³/mol. The second-order valence-corrected chi connectivity index (χ2v) is 14.0. The maximum Gasteiger partial charge on any atom is 0.410 e. The van der Waals surface area contributed by atoms with Gasteiger partial charge in [0.05, 0.1) is 36.8 Å². The molecule has 0 bridgehead atoms. The van der Waals surface area contributed by atoms with Crippen molar-refractivity contribution in [3.8, 4) is 5.69 Å². The Morgan fingerprint density at radius 3 is 2.43 bits per heavy atom. The minimum absolute atomic E-state index is 0.0865. The Morgan fingerprint density at radius 1 is 1.11 bits per heavy atom. The summed E-state index contributed by atoms with van der Waals surface area (Å²) in [7, 11) is 0. The standard InChI is InChI=1S/C32H40ClN5O6/c1-30(2,3)44-29(41)37-15-16-43-18-24(37)21-5-7-22(8-6-21)38-25(33)17-23-26(38)34-20-36(27(23)39)19-32(42)11-13-35(14-12-32)28(40)31(4)9-10-31/h5-8,17,20,24,42H,9-16,18-19H2,1-4H3. The van der Waals surface area contributed by atoms with Gasteiger partial charge >= 0.3 is 6.09 Å². The van der Waals surface area contributed by atoms with Crippen molar-refractivity contribution in [3.63, 3.8) is 0 Å². The van der Waals surface area contributed by atoms with Crippen LogP contribution in [0.1, 0.15) is 65.0 Å². The molecule has 44 heavy (non-hydrogen) atoms. The third-order valence-corrected chi connectivity index (χ3v) is 9.27. The zero-order chi connectivity index (χ0) is 31.4. The SMILES string of the molecule is CC(C)(C)OC(=O)N1CCOCC1c1ccc(-n2c(Cl)cc3c(=O)n(CC4(O)CCN(C(=O)C5(C)CC5)CC4)cnc32)cc1. The molecule has 1 aromatic carbocycles. The van der Waals surface area contributed by atoms with E-state index in [4.69, 9.17) is 21.1 Å². The molecule has 1 aliphatic carbocycles. The predicted octanol–water partition coefficient (Wildman–Crippen LogP) is 4.30. The summed E-state index contributed by atoms with van der Waals surface area (Å²) in [5.41, 5.74) is -0.251. The van der Waals surface area contributed by atoms with Gasteiger partial charge < -0.3 is 19.5 Å². The quantitative estimate of drug-likeness (QED) is 0.449. The molecule has 6 rings (SSSR count). The molecule has 1 unspecified atom stereocenters. The molecule has 2 amide bonds. The van der Waals surface area contributed by atoms with Crippen LogP contribution in [0.15, 0.2) is 41.5 Å². The molecule has 236 valence electrons. The number of nitrogens with zero attached hydrogens (tertiary/aromatic N) is 5. The Balaban J connectivity index is 1.20. The van der Waals surface area contributed by atoms with Crippen LogP contribution < -0.4 is 5.56 Å². The summed E-state index contributed by atoms with van der Waals surface area (Å²) in [6.45, 7) is 9.76. The molecule has 0 radical (unpaired) electrons. The van der Waals surface area contributed by atoms with Crippen LogP contribution in [0.4, 0.5) is 4.79 Å². The van der Waals surface area contributed by atoms with E-state index in [1.54, 1.807) is 15.5 Å². The zero-order valence-electron chi connectivity index (χ0n) is 25.7. The fourth-order valence-corrected chi connectivity index (χ4v) is 6.38. The lowest BCUT2D eigenvalue weighted by molar-refractivity contribution is -0.141. The number of hydrogen-bond acceptors (Lipinski definition) is 7. The van der Waals surface area contributed by atoms with E-state index in [2.05, 4.69) is 4.98 Å². The summed E-state index contributed by atoms with van der Waals surface area (Å²) in [6.07, 6.45) is 3.69. The number of amides is 2. The average Bonchev–Trinajstić information content (AvgIpc) is 3.64. The maximum absolute atomic E-state index is 13.5. The molecule has 3 aromatic rings. The highest BCUT2D eigenvalue weighted by Crippen LogP contribution is 2.47. The van der Waals surface area contributed by atoms with Gasteiger partial charge in [0.1, 0.15) is 17.1 Å². The van der Waals surface area contributed by atoms with Crippen LogP contribution in [-0.2, 0) is 20.8 Å². The maximum atomic E-state index is 13.5. The van der Waals surface area contributed by atoms with E-state index in [-0.39, 0.29) is 35.6 Å². The van der Waals surface area contributed by atoms with Gasteiger partial charge in [0.2, 0.25) is 5.91 Å². The molecule has 4 heterocycles. The minimum Gasteiger partial charge on any atom is -0.444 e. The number of likely N-dealkylation sites (tertiary alicyclic amines) is 1. The largest absolute Gasteiger partial charge is 0.444 e. The summed E-state index contributed by atoms with van der Waals surface area (Å²) in [5.74, 6) is 0.163. The highest BCUT2D eigenvalue weighted by Gasteiger charge is 2.48. The van der Waals surface area contributed by atoms with E-state index < -0.39 is 11.2 Å². The normalized spacial score (nSPS) is 21.4. The Bertz CT molecular complexity index is 1630. The first-order chi connectivity index (χ1) is 20.8. The van der Waals surface area contributed by atoms with Gasteiger partial charge in [0.15, 0.2) is 5.65 Å². The summed E-state index contributed by atoms with van der Waals surface area (Å²) in [6, 6.07) is 8.85. The number of ether oxygens (including phenoxy) is 2. The monoisotopic (exact) mass is 625 g/mol. The van der Waals surface area contributed by atoms with Gasteiger partial charge in [-0.25, -0.2) is 9.78 Å². The number of halogens is 1. The molecule has 11 nitrogen and oxygen atoms in total. The smallest absolute Gasteiger partial charge is 0.410 e. The fourth-order valence-electron chi connectivity index (χ4n) is 6.09. The summed E-state index contributed by atoms with van der Waals surface area (Å²) < 4.78 is 14.4. The minimum atomic E-state index is -1.11. The lowest BCUT2D eigenvalue weighted by Crippen LogP contribution is -2.51. The number of aromatic nitrogens is 3. The Hall–Kier alpha value is -3.41. The van der Waals surface area contributed by atoms with E-state index in [1.165, 1.54) is 10.9 Å². The fraction of sp³-hybridized carbons (Fsp3) is 0.562. The first kappa shape index (κ1) is 30.6. The Labute approximate surface area is 261 Å². The highest BCUT2D eigenvalue weighted by molar-refractivity contribution is 6.31. The molecule has 1 atom stereocenters. The molecule has 3 aliphatic rings. The number of hydrogen-bond donors (Lipinski definition) is 1. The lowest BCUT2D eigenvalue weighted by Gasteiger charge is -2.39. The van der Waals surface area contributed by atoms with Crippen LogP contribution in [0.3, 0.4) is 0 Å². The number of piperidine rings is 1. The number of carbonyl (C=O) groups is 2. The molecule has 1 N–H and O–H groups in total. The number of fused-ring (bicyclic) bond motifs is 1. The van der Waals surface area contributed by atoms with E-state index in [0.29, 0.717) is 67.6 Å². The van der Waals surface area contributed by atoms with Crippen LogP contribution in [0.2, 0.25) is 5.15 Å². The van der Waals surface area contributed by atoms with Gasteiger partial charge in [0.25, 0.3) is 5.56 Å². The zero-order valence-corrected chi connectivity index (χ0v) is 26.5. The van der Waals surface area contributed by atoms with Gasteiger partial charge in [-0.05, 0) is 70.2 Å². The van der Waals surface area contributed by atoms with Gasteiger partial charge in [-0.3, -0.25) is 23.6 Å². The highest BCUT2D eigenvalue weighted by atomic mass is 35.5. The van der Waals surface area contributed by atoms with Crippen molar-refractivity contribution in [1.29, 1.82) is 0 Å². The van der Waals surface area contributed by atoms with Crippen LogP contribution >= 0.6 is 11.6 Å². The first-order valence-electron chi connectivity index (χ1n) is 15.2. The van der Waals surface area contributed by atoms with Gasteiger partial charge in [0, 0.05) is 30.7 Å². The van der Waals surface area contributed by atoms with E-state index in [0.717, 1.165) is 18.4 Å². The first-order valence-corrected chi connectivity index (χ1v) is 15.6. The van der Waals surface area contributed by atoms with Crippen LogP contribution in [0, 0.1) is 5.41 Å². The van der Waals surface area contributed by atoms with Crippen LogP contribution in [0.5, 0.6) is 0 Å². The van der Waals surface area contributed by atoms with E-state index in [9.17, 15) is 19.5 Å². The summed E-state index contributed by atoms with van der Waals surface area (Å²) in [4.78, 5) is 47.2. The van der Waals surface area contributed by atoms with Crippen molar-refractivity contribution in [2.75, 3.05) is 32.8 Å². The van der Waals surface area contributed by atoms with Crippen molar-refractivity contribution < 1.29 is 24.2 Å². The molecule has 2 aliphatic heterocycles. The van der Waals surface area contributed by atoms with Crippen molar-refractivity contribution >= 4 is 34.6 Å². The van der Waals surface area contributed by atoms with Crippen molar-refractivity contribution in [2.45, 2.75) is 77.2 Å². The van der Waals surface area contributed by atoms with Gasteiger partial charge in [-0.2, -0.15) is 0 Å². The van der Waals surface area contributed by atoms with Crippen LogP contribution in [-0.4, -0.2) is 85.1 Å². The molecule has 0 spiro atoms. The van der Waals surface area contributed by atoms with Gasteiger partial charge in [-0.1, -0.05) is 30.7 Å². The third kappa shape index (κ3) is 5.97. The molecular weight excluding hydrogens is 586 g/mol. The third-order valence-electron chi connectivity index (χ3n) is 9.00.